The number of anilines is 3. The van der Waals surface area contributed by atoms with Gasteiger partial charge in [0.1, 0.15) is 29.3 Å². The van der Waals surface area contributed by atoms with Crippen molar-refractivity contribution >= 4 is 51.6 Å². The van der Waals surface area contributed by atoms with E-state index in [0.29, 0.717) is 33.8 Å². The molecule has 12 heteroatoms. The van der Waals surface area contributed by atoms with Crippen molar-refractivity contribution in [2.75, 3.05) is 30.3 Å². The second-order valence-electron chi connectivity index (χ2n) is 11.5. The summed E-state index contributed by atoms with van der Waals surface area (Å²) < 4.78 is 25.2. The zero-order valence-corrected chi connectivity index (χ0v) is 25.4. The van der Waals surface area contributed by atoms with E-state index in [-0.39, 0.29) is 30.8 Å². The van der Waals surface area contributed by atoms with Crippen LogP contribution in [0.15, 0.2) is 48.8 Å². The Kier molecular flexibility index (Phi) is 10.5. The van der Waals surface area contributed by atoms with Crippen LogP contribution in [-0.4, -0.2) is 69.3 Å². The van der Waals surface area contributed by atoms with Crippen molar-refractivity contribution in [2.45, 2.75) is 64.8 Å². The molecule has 0 radical (unpaired) electrons. The molecule has 1 aliphatic rings. The number of ether oxygens (including phenoxy) is 2. The predicted molar refractivity (Wildman–Crippen MR) is 164 cm³/mol. The molecule has 1 aliphatic carbocycles. The van der Waals surface area contributed by atoms with Crippen LogP contribution in [0.5, 0.6) is 5.75 Å². The van der Waals surface area contributed by atoms with Crippen LogP contribution in [0.25, 0.3) is 10.9 Å². The molecule has 3 aromatic rings. The number of rotatable bonds is 12. The number of esters is 1. The second-order valence-corrected chi connectivity index (χ2v) is 11.9. The van der Waals surface area contributed by atoms with Gasteiger partial charge in [-0.3, -0.25) is 14.5 Å². The van der Waals surface area contributed by atoms with Gasteiger partial charge in [-0.1, -0.05) is 17.7 Å². The van der Waals surface area contributed by atoms with Gasteiger partial charge in [0.05, 0.1) is 35.0 Å². The fraction of sp³-hybridized carbons (Fsp3) is 0.419. The third kappa shape index (κ3) is 9.60. The maximum atomic E-state index is 13.7. The van der Waals surface area contributed by atoms with Gasteiger partial charge in [0.25, 0.3) is 0 Å². The SMILES string of the molecule is C[C@@H](O)CN(C/C=C/C(=O)Nc1cc2c(Nc3ccc(F)c(Cl)c3)ncnc2cc1OC1CCC1)CC(=O)OC(C)(C)C. The number of nitrogens with one attached hydrogen (secondary N) is 2. The monoisotopic (exact) mass is 613 g/mol. The van der Waals surface area contributed by atoms with Gasteiger partial charge >= 0.3 is 5.97 Å². The molecule has 0 saturated heterocycles. The summed E-state index contributed by atoms with van der Waals surface area (Å²) in [5.74, 6) is -0.452. The number of aliphatic hydroxyl groups is 1. The fourth-order valence-electron chi connectivity index (χ4n) is 4.37. The van der Waals surface area contributed by atoms with E-state index >= 15 is 0 Å². The van der Waals surface area contributed by atoms with E-state index in [2.05, 4.69) is 20.6 Å². The number of nitrogens with zero attached hydrogens (tertiary/aromatic N) is 3. The minimum atomic E-state index is -0.676. The van der Waals surface area contributed by atoms with Crippen molar-refractivity contribution in [2.24, 2.45) is 0 Å². The Balaban J connectivity index is 1.53. The van der Waals surface area contributed by atoms with E-state index in [0.717, 1.165) is 19.3 Å². The Bertz CT molecular complexity index is 1490. The highest BCUT2D eigenvalue weighted by Gasteiger charge is 2.23. The van der Waals surface area contributed by atoms with E-state index in [9.17, 15) is 19.1 Å². The number of amides is 1. The van der Waals surface area contributed by atoms with Crippen LogP contribution in [0.2, 0.25) is 5.02 Å². The molecule has 1 fully saturated rings. The van der Waals surface area contributed by atoms with Crippen molar-refractivity contribution in [3.8, 4) is 5.75 Å². The highest BCUT2D eigenvalue weighted by Crippen LogP contribution is 2.36. The zero-order valence-electron chi connectivity index (χ0n) is 24.7. The van der Waals surface area contributed by atoms with Crippen molar-refractivity contribution in [3.05, 3.63) is 59.7 Å². The Hall–Kier alpha value is -3.80. The summed E-state index contributed by atoms with van der Waals surface area (Å²) in [4.78, 5) is 35.8. The lowest BCUT2D eigenvalue weighted by molar-refractivity contribution is -0.156. The van der Waals surface area contributed by atoms with Crippen LogP contribution in [0.3, 0.4) is 0 Å². The van der Waals surface area contributed by atoms with Gasteiger partial charge < -0.3 is 25.2 Å². The van der Waals surface area contributed by atoms with Gasteiger partial charge in [-0.25, -0.2) is 14.4 Å². The van der Waals surface area contributed by atoms with E-state index in [4.69, 9.17) is 21.1 Å². The van der Waals surface area contributed by atoms with Crippen molar-refractivity contribution in [3.63, 3.8) is 0 Å². The summed E-state index contributed by atoms with van der Waals surface area (Å²) in [5.41, 5.74) is 0.917. The van der Waals surface area contributed by atoms with Gasteiger partial charge in [-0.2, -0.15) is 0 Å². The maximum Gasteiger partial charge on any atom is 0.320 e. The molecule has 1 saturated carbocycles. The number of benzene rings is 2. The average molecular weight is 614 g/mol. The van der Waals surface area contributed by atoms with Gasteiger partial charge in [0.2, 0.25) is 5.91 Å². The zero-order chi connectivity index (χ0) is 31.1. The van der Waals surface area contributed by atoms with Crippen LogP contribution >= 0.6 is 11.6 Å². The second kappa shape index (κ2) is 14.1. The Labute approximate surface area is 255 Å². The molecule has 230 valence electrons. The molecule has 1 atom stereocenters. The third-order valence-corrected chi connectivity index (χ3v) is 6.74. The van der Waals surface area contributed by atoms with Crippen LogP contribution < -0.4 is 15.4 Å². The molecule has 1 aromatic heterocycles. The Morgan fingerprint density at radius 3 is 2.65 bits per heavy atom. The van der Waals surface area contributed by atoms with Crippen molar-refractivity contribution < 1.29 is 28.6 Å². The Morgan fingerprint density at radius 2 is 2.00 bits per heavy atom. The van der Waals surface area contributed by atoms with E-state index < -0.39 is 29.4 Å². The number of hydrogen-bond donors (Lipinski definition) is 3. The fourth-order valence-corrected chi connectivity index (χ4v) is 4.55. The number of aliphatic hydroxyl groups excluding tert-OH is 1. The van der Waals surface area contributed by atoms with E-state index in [1.54, 1.807) is 56.9 Å². The summed E-state index contributed by atoms with van der Waals surface area (Å²) in [6, 6.07) is 7.73. The highest BCUT2D eigenvalue weighted by molar-refractivity contribution is 6.31. The summed E-state index contributed by atoms with van der Waals surface area (Å²) in [6.07, 6.45) is 6.67. The number of aromatic nitrogens is 2. The van der Waals surface area contributed by atoms with E-state index in [1.165, 1.54) is 24.5 Å². The van der Waals surface area contributed by atoms with Crippen molar-refractivity contribution in [1.29, 1.82) is 0 Å². The number of carbonyl (C=O) groups is 2. The molecule has 10 nitrogen and oxygen atoms in total. The molecule has 1 heterocycles. The highest BCUT2D eigenvalue weighted by atomic mass is 35.5. The number of halogens is 2. The minimum Gasteiger partial charge on any atom is -0.488 e. The van der Waals surface area contributed by atoms with Crippen LogP contribution in [0.1, 0.15) is 47.0 Å². The van der Waals surface area contributed by atoms with Gasteiger partial charge in [-0.05, 0) is 71.2 Å². The molecule has 0 bridgehead atoms. The summed E-state index contributed by atoms with van der Waals surface area (Å²) >= 11 is 5.95. The normalized spacial score (nSPS) is 14.5. The molecular weight excluding hydrogens is 577 g/mol. The smallest absolute Gasteiger partial charge is 0.320 e. The topological polar surface area (TPSA) is 126 Å². The third-order valence-electron chi connectivity index (χ3n) is 6.45. The first kappa shape index (κ1) is 32.1. The Morgan fingerprint density at radius 1 is 1.23 bits per heavy atom. The standard InChI is InChI=1S/C31H37ClFN5O5/c1-19(39)16-38(17-29(41)43-31(2,3)4)12-6-9-28(40)37-26-14-22-25(15-27(26)42-21-7-5-8-21)34-18-35-30(22)36-20-10-11-24(33)23(32)13-20/h6,9-11,13-15,18-19,21,39H,5,7-8,12,16-17H2,1-4H3,(H,37,40)(H,34,35,36)/b9-6+/t19-/m1/s1. The van der Waals surface area contributed by atoms with Crippen LogP contribution in [0, 0.1) is 5.82 Å². The van der Waals surface area contributed by atoms with Crippen molar-refractivity contribution in [1.82, 2.24) is 14.9 Å². The number of hydrogen-bond acceptors (Lipinski definition) is 9. The average Bonchev–Trinajstić information content (AvgIpc) is 2.87. The molecular formula is C31H37ClFN5O5. The lowest BCUT2D eigenvalue weighted by Gasteiger charge is -2.27. The molecule has 0 unspecified atom stereocenters. The van der Waals surface area contributed by atoms with Gasteiger partial charge in [0, 0.05) is 36.3 Å². The van der Waals surface area contributed by atoms with Gasteiger partial charge in [0.15, 0.2) is 0 Å². The first-order valence-corrected chi connectivity index (χ1v) is 14.5. The molecule has 2 aromatic carbocycles. The first-order valence-electron chi connectivity index (χ1n) is 14.1. The van der Waals surface area contributed by atoms with Crippen LogP contribution in [0.4, 0.5) is 21.6 Å². The minimum absolute atomic E-state index is 0.0302. The molecule has 4 rings (SSSR count). The molecule has 3 N–H and O–H groups in total. The predicted octanol–water partition coefficient (Wildman–Crippen LogP) is 5.62. The van der Waals surface area contributed by atoms with Crippen LogP contribution in [-0.2, 0) is 14.3 Å². The van der Waals surface area contributed by atoms with Gasteiger partial charge in [-0.15, -0.1) is 0 Å². The first-order chi connectivity index (χ1) is 20.4. The quantitative estimate of drug-likeness (QED) is 0.176. The maximum absolute atomic E-state index is 13.7. The number of carbonyl (C=O) groups excluding carboxylic acids is 2. The molecule has 0 aliphatic heterocycles. The lowest BCUT2D eigenvalue weighted by atomic mass is 9.96. The number of fused-ring (bicyclic) bond motifs is 1. The van der Waals surface area contributed by atoms with E-state index in [1.807, 2.05) is 0 Å². The molecule has 43 heavy (non-hydrogen) atoms. The summed E-state index contributed by atoms with van der Waals surface area (Å²) in [6.45, 7) is 7.41. The molecule has 0 spiro atoms. The summed E-state index contributed by atoms with van der Waals surface area (Å²) in [7, 11) is 0. The molecule has 1 amide bonds. The largest absolute Gasteiger partial charge is 0.488 e. The lowest BCUT2D eigenvalue weighted by Crippen LogP contribution is -2.38. The summed E-state index contributed by atoms with van der Waals surface area (Å²) in [5, 5.41) is 16.5.